The van der Waals surface area contributed by atoms with E-state index < -0.39 is 5.41 Å². The minimum Gasteiger partial charge on any atom is -0.367 e. The van der Waals surface area contributed by atoms with E-state index in [-0.39, 0.29) is 11.9 Å². The van der Waals surface area contributed by atoms with Gasteiger partial charge in [-0.15, -0.1) is 0 Å². The second kappa shape index (κ2) is 5.95. The smallest absolute Gasteiger partial charge is 0.261 e. The lowest BCUT2D eigenvalue weighted by Crippen LogP contribution is -2.61. The Balaban J connectivity index is 1.62. The fourth-order valence-corrected chi connectivity index (χ4v) is 5.17. The van der Waals surface area contributed by atoms with Gasteiger partial charge in [-0.3, -0.25) is 4.79 Å². The highest BCUT2D eigenvalue weighted by atomic mass is 16.2. The minimum absolute atomic E-state index is 0.134. The molecule has 0 radical (unpaired) electrons. The van der Waals surface area contributed by atoms with Crippen LogP contribution in [0.5, 0.6) is 0 Å². The summed E-state index contributed by atoms with van der Waals surface area (Å²) < 4.78 is 0. The van der Waals surface area contributed by atoms with Gasteiger partial charge < -0.3 is 4.90 Å². The van der Waals surface area contributed by atoms with Crippen LogP contribution in [0.2, 0.25) is 0 Å². The standard InChI is InChI=1S/C23H25N3O/c1-16-10-12-19(13-11-16)26-22(27)23(17(2)24-26)15-18-7-3-4-8-20(18)25-14-6-5-9-21(23)25/h3-4,7-8,10-13,21H,5-6,9,14-15H2,1-2H3/t21-,23-/m0/s1. The van der Waals surface area contributed by atoms with Crippen LogP contribution in [0.4, 0.5) is 11.4 Å². The Morgan fingerprint density at radius 3 is 2.63 bits per heavy atom. The zero-order chi connectivity index (χ0) is 18.6. The van der Waals surface area contributed by atoms with Crippen LogP contribution in [0.1, 0.15) is 37.3 Å². The number of rotatable bonds is 1. The van der Waals surface area contributed by atoms with Crippen LogP contribution in [0.25, 0.3) is 0 Å². The monoisotopic (exact) mass is 359 g/mol. The van der Waals surface area contributed by atoms with E-state index in [2.05, 4.69) is 36.1 Å². The highest BCUT2D eigenvalue weighted by molar-refractivity contribution is 6.20. The number of amides is 1. The molecule has 3 aliphatic heterocycles. The largest absolute Gasteiger partial charge is 0.367 e. The number of benzene rings is 2. The van der Waals surface area contributed by atoms with Crippen molar-refractivity contribution in [1.82, 2.24) is 0 Å². The molecule has 0 bridgehead atoms. The topological polar surface area (TPSA) is 35.9 Å². The fraction of sp³-hybridized carbons (Fsp3) is 0.391. The van der Waals surface area contributed by atoms with E-state index in [4.69, 9.17) is 5.10 Å². The molecule has 2 aromatic carbocycles. The molecular formula is C23H25N3O. The van der Waals surface area contributed by atoms with E-state index in [1.165, 1.54) is 29.7 Å². The predicted octanol–water partition coefficient (Wildman–Crippen LogP) is 4.32. The maximum atomic E-state index is 13.8. The second-order valence-electron chi connectivity index (χ2n) is 8.12. The average Bonchev–Trinajstić information content (AvgIpc) is 2.94. The quantitative estimate of drug-likeness (QED) is 0.760. The first-order valence-electron chi connectivity index (χ1n) is 9.93. The molecule has 2 atom stereocenters. The van der Waals surface area contributed by atoms with E-state index in [9.17, 15) is 4.79 Å². The summed E-state index contributed by atoms with van der Waals surface area (Å²) in [6.07, 6.45) is 4.17. The molecule has 4 heteroatoms. The Hall–Kier alpha value is -2.62. The highest BCUT2D eigenvalue weighted by Gasteiger charge is 2.58. The number of fused-ring (bicyclic) bond motifs is 4. The number of carbonyl (C=O) groups excluding carboxylic acids is 1. The van der Waals surface area contributed by atoms with Gasteiger partial charge in [0.05, 0.1) is 11.4 Å². The van der Waals surface area contributed by atoms with Gasteiger partial charge in [-0.1, -0.05) is 35.9 Å². The maximum absolute atomic E-state index is 13.8. The number of nitrogens with zero attached hydrogens (tertiary/aromatic N) is 3. The number of piperidine rings is 1. The number of aryl methyl sites for hydroxylation is 1. The molecule has 0 unspecified atom stereocenters. The number of hydrogen-bond donors (Lipinski definition) is 0. The molecule has 1 amide bonds. The number of para-hydroxylation sites is 1. The average molecular weight is 359 g/mol. The van der Waals surface area contributed by atoms with E-state index in [1.54, 1.807) is 5.01 Å². The Morgan fingerprint density at radius 2 is 1.81 bits per heavy atom. The van der Waals surface area contributed by atoms with Gasteiger partial charge in [0.25, 0.3) is 5.91 Å². The predicted molar refractivity (Wildman–Crippen MR) is 109 cm³/mol. The van der Waals surface area contributed by atoms with E-state index in [0.29, 0.717) is 0 Å². The molecule has 1 saturated heterocycles. The van der Waals surface area contributed by atoms with Crippen molar-refractivity contribution < 1.29 is 4.79 Å². The Labute approximate surface area is 160 Å². The van der Waals surface area contributed by atoms with Crippen LogP contribution in [-0.2, 0) is 11.2 Å². The molecule has 27 heavy (non-hydrogen) atoms. The van der Waals surface area contributed by atoms with E-state index >= 15 is 0 Å². The molecule has 2 aromatic rings. The molecule has 0 aliphatic carbocycles. The third kappa shape index (κ3) is 2.29. The second-order valence-corrected chi connectivity index (χ2v) is 8.12. The summed E-state index contributed by atoms with van der Waals surface area (Å²) in [6, 6.07) is 16.9. The third-order valence-electron chi connectivity index (χ3n) is 6.59. The van der Waals surface area contributed by atoms with Crippen molar-refractivity contribution in [2.75, 3.05) is 16.5 Å². The first-order valence-corrected chi connectivity index (χ1v) is 9.93. The van der Waals surface area contributed by atoms with Gasteiger partial charge in [0.15, 0.2) is 0 Å². The molecule has 5 rings (SSSR count). The van der Waals surface area contributed by atoms with Crippen molar-refractivity contribution in [3.63, 3.8) is 0 Å². The van der Waals surface area contributed by atoms with Gasteiger partial charge in [0, 0.05) is 18.3 Å². The summed E-state index contributed by atoms with van der Waals surface area (Å²) in [7, 11) is 0. The lowest BCUT2D eigenvalue weighted by atomic mass is 9.66. The maximum Gasteiger partial charge on any atom is 0.261 e. The summed E-state index contributed by atoms with van der Waals surface area (Å²) in [5.41, 5.74) is 5.04. The first kappa shape index (κ1) is 16.5. The van der Waals surface area contributed by atoms with Crippen LogP contribution in [0.3, 0.4) is 0 Å². The van der Waals surface area contributed by atoms with Gasteiger partial charge >= 0.3 is 0 Å². The molecule has 0 N–H and O–H groups in total. The fourth-order valence-electron chi connectivity index (χ4n) is 5.17. The normalized spacial score (nSPS) is 26.8. The number of hydrogen-bond acceptors (Lipinski definition) is 3. The molecule has 1 fully saturated rings. The van der Waals surface area contributed by atoms with Gasteiger partial charge in [-0.2, -0.15) is 10.1 Å². The van der Waals surface area contributed by atoms with Crippen LogP contribution >= 0.6 is 0 Å². The molecule has 3 heterocycles. The van der Waals surface area contributed by atoms with Crippen LogP contribution in [-0.4, -0.2) is 24.2 Å². The summed E-state index contributed by atoms with van der Waals surface area (Å²) >= 11 is 0. The zero-order valence-corrected chi connectivity index (χ0v) is 16.0. The molecule has 3 aliphatic rings. The van der Waals surface area contributed by atoms with Gasteiger partial charge in [0.2, 0.25) is 0 Å². The van der Waals surface area contributed by atoms with E-state index in [0.717, 1.165) is 30.8 Å². The molecule has 0 saturated carbocycles. The summed E-state index contributed by atoms with van der Waals surface area (Å²) in [5, 5.41) is 6.43. The van der Waals surface area contributed by atoms with Crippen LogP contribution in [0, 0.1) is 12.3 Å². The van der Waals surface area contributed by atoms with Crippen molar-refractivity contribution >= 4 is 23.0 Å². The molecule has 4 nitrogen and oxygen atoms in total. The van der Waals surface area contributed by atoms with Crippen molar-refractivity contribution in [2.24, 2.45) is 10.5 Å². The van der Waals surface area contributed by atoms with Gasteiger partial charge in [0.1, 0.15) is 5.41 Å². The van der Waals surface area contributed by atoms with Crippen molar-refractivity contribution in [1.29, 1.82) is 0 Å². The SMILES string of the molecule is CC1=NN(c2ccc(C)cc2)C(=O)[C@@]12Cc1ccccc1N1CCCC[C@H]12. The minimum atomic E-state index is -0.542. The zero-order valence-electron chi connectivity index (χ0n) is 16.0. The number of hydrazone groups is 1. The first-order chi connectivity index (χ1) is 13.1. The molecule has 138 valence electrons. The summed E-state index contributed by atoms with van der Waals surface area (Å²) in [4.78, 5) is 16.3. The Bertz CT molecular complexity index is 933. The van der Waals surface area contributed by atoms with Crippen LogP contribution < -0.4 is 9.91 Å². The summed E-state index contributed by atoms with van der Waals surface area (Å²) in [5.74, 6) is 0.134. The Kier molecular flexibility index (Phi) is 3.64. The van der Waals surface area contributed by atoms with Gasteiger partial charge in [-0.25, -0.2) is 0 Å². The molecule has 1 spiro atoms. The van der Waals surface area contributed by atoms with Crippen LogP contribution in [0.15, 0.2) is 53.6 Å². The lowest BCUT2D eigenvalue weighted by Gasteiger charge is -2.51. The molecule has 0 aromatic heterocycles. The molecular weight excluding hydrogens is 334 g/mol. The number of anilines is 2. The Morgan fingerprint density at radius 1 is 1.04 bits per heavy atom. The van der Waals surface area contributed by atoms with Crippen molar-refractivity contribution in [2.45, 2.75) is 45.6 Å². The number of carbonyl (C=O) groups is 1. The lowest BCUT2D eigenvalue weighted by molar-refractivity contribution is -0.125. The van der Waals surface area contributed by atoms with Crippen molar-refractivity contribution in [3.05, 3.63) is 59.7 Å². The van der Waals surface area contributed by atoms with Crippen molar-refractivity contribution in [3.8, 4) is 0 Å². The summed E-state index contributed by atoms with van der Waals surface area (Å²) in [6.45, 7) is 5.13. The highest BCUT2D eigenvalue weighted by Crippen LogP contribution is 2.49. The van der Waals surface area contributed by atoms with E-state index in [1.807, 2.05) is 31.2 Å². The third-order valence-corrected chi connectivity index (χ3v) is 6.59. The van der Waals surface area contributed by atoms with Gasteiger partial charge in [-0.05, 0) is 63.3 Å².